The smallest absolute Gasteiger partial charge is 0.251 e. The molecule has 1 heterocycles. The zero-order chi connectivity index (χ0) is 13.1. The molecule has 0 bridgehead atoms. The van der Waals surface area contributed by atoms with Gasteiger partial charge in [0.2, 0.25) is 0 Å². The fourth-order valence-corrected chi connectivity index (χ4v) is 2.92. The van der Waals surface area contributed by atoms with Crippen LogP contribution >= 0.6 is 0 Å². The minimum atomic E-state index is -0.0459. The minimum absolute atomic E-state index is 0.0459. The highest BCUT2D eigenvalue weighted by Gasteiger charge is 2.25. The van der Waals surface area contributed by atoms with Crippen molar-refractivity contribution in [3.05, 3.63) is 23.9 Å². The van der Waals surface area contributed by atoms with Crippen LogP contribution in [-0.4, -0.2) is 16.9 Å². The van der Waals surface area contributed by atoms with E-state index in [-0.39, 0.29) is 11.9 Å². The summed E-state index contributed by atoms with van der Waals surface area (Å²) < 4.78 is 0. The summed E-state index contributed by atoms with van der Waals surface area (Å²) in [7, 11) is 0. The topological polar surface area (TPSA) is 68.0 Å². The van der Waals surface area contributed by atoms with Crippen molar-refractivity contribution < 1.29 is 4.79 Å². The van der Waals surface area contributed by atoms with Gasteiger partial charge in [-0.3, -0.25) is 4.79 Å². The number of aromatic nitrogens is 1. The lowest BCUT2D eigenvalue weighted by molar-refractivity contribution is 0.0911. The molecule has 4 heteroatoms. The van der Waals surface area contributed by atoms with E-state index in [2.05, 4.69) is 24.1 Å². The van der Waals surface area contributed by atoms with E-state index in [4.69, 9.17) is 5.73 Å². The molecule has 0 aliphatic heterocycles. The number of nitrogen functional groups attached to an aromatic ring is 1. The number of carbonyl (C=O) groups excluding carboxylic acids is 1. The first-order valence-electron chi connectivity index (χ1n) is 6.57. The summed E-state index contributed by atoms with van der Waals surface area (Å²) in [5, 5.41) is 3.10. The van der Waals surface area contributed by atoms with Crippen LogP contribution in [0.3, 0.4) is 0 Å². The average molecular weight is 247 g/mol. The summed E-state index contributed by atoms with van der Waals surface area (Å²) in [6.45, 7) is 4.50. The monoisotopic (exact) mass is 247 g/mol. The van der Waals surface area contributed by atoms with Crippen LogP contribution in [0.15, 0.2) is 18.3 Å². The number of nitrogens with two attached hydrogens (primary N) is 1. The zero-order valence-electron chi connectivity index (χ0n) is 11.0. The van der Waals surface area contributed by atoms with Gasteiger partial charge >= 0.3 is 0 Å². The van der Waals surface area contributed by atoms with Gasteiger partial charge in [0, 0.05) is 17.8 Å². The van der Waals surface area contributed by atoms with E-state index in [9.17, 15) is 4.79 Å². The Bertz CT molecular complexity index is 423. The van der Waals surface area contributed by atoms with Crippen molar-refractivity contribution in [2.45, 2.75) is 39.2 Å². The standard InChI is InChI=1S/C14H21N3O/c1-9-5-10(2)7-12(6-9)17-14(18)11-3-4-16-13(15)8-11/h3-4,8-10,12H,5-7H2,1-2H3,(H2,15,16)(H,17,18). The number of amides is 1. The van der Waals surface area contributed by atoms with Crippen LogP contribution in [0, 0.1) is 11.8 Å². The molecule has 2 rings (SSSR count). The van der Waals surface area contributed by atoms with Gasteiger partial charge in [0.05, 0.1) is 0 Å². The number of nitrogens with one attached hydrogen (secondary N) is 1. The van der Waals surface area contributed by atoms with Crippen LogP contribution in [-0.2, 0) is 0 Å². The predicted octanol–water partition coefficient (Wildman–Crippen LogP) is 2.22. The van der Waals surface area contributed by atoms with E-state index in [0.29, 0.717) is 23.2 Å². The number of pyridine rings is 1. The Morgan fingerprint density at radius 3 is 2.61 bits per heavy atom. The number of carbonyl (C=O) groups is 1. The number of hydrogen-bond acceptors (Lipinski definition) is 3. The summed E-state index contributed by atoms with van der Waals surface area (Å²) in [4.78, 5) is 16.0. The number of anilines is 1. The van der Waals surface area contributed by atoms with Gasteiger partial charge in [-0.2, -0.15) is 0 Å². The molecule has 1 amide bonds. The summed E-state index contributed by atoms with van der Waals surface area (Å²) in [5.74, 6) is 1.70. The van der Waals surface area contributed by atoms with Crippen LogP contribution < -0.4 is 11.1 Å². The molecule has 2 atom stereocenters. The normalized spacial score (nSPS) is 27.8. The molecule has 1 aliphatic carbocycles. The highest BCUT2D eigenvalue weighted by molar-refractivity contribution is 5.94. The maximum atomic E-state index is 12.1. The SMILES string of the molecule is CC1CC(C)CC(NC(=O)c2ccnc(N)c2)C1. The molecule has 2 unspecified atom stereocenters. The largest absolute Gasteiger partial charge is 0.384 e. The molecule has 0 spiro atoms. The summed E-state index contributed by atoms with van der Waals surface area (Å²) in [6, 6.07) is 3.59. The van der Waals surface area contributed by atoms with Crippen LogP contribution in [0.1, 0.15) is 43.5 Å². The fraction of sp³-hybridized carbons (Fsp3) is 0.571. The predicted molar refractivity (Wildman–Crippen MR) is 72.1 cm³/mol. The van der Waals surface area contributed by atoms with Crippen molar-refractivity contribution in [1.29, 1.82) is 0 Å². The lowest BCUT2D eigenvalue weighted by Gasteiger charge is -2.31. The second kappa shape index (κ2) is 5.38. The van der Waals surface area contributed by atoms with Gasteiger partial charge < -0.3 is 11.1 Å². The van der Waals surface area contributed by atoms with Gasteiger partial charge in [-0.25, -0.2) is 4.98 Å². The number of nitrogens with zero attached hydrogens (tertiary/aromatic N) is 1. The Balaban J connectivity index is 1.99. The van der Waals surface area contributed by atoms with Crippen molar-refractivity contribution in [1.82, 2.24) is 10.3 Å². The third kappa shape index (κ3) is 3.22. The molecule has 0 radical (unpaired) electrons. The third-order valence-corrected chi connectivity index (χ3v) is 3.56. The molecular formula is C14H21N3O. The van der Waals surface area contributed by atoms with Crippen molar-refractivity contribution >= 4 is 11.7 Å². The highest BCUT2D eigenvalue weighted by atomic mass is 16.1. The third-order valence-electron chi connectivity index (χ3n) is 3.56. The van der Waals surface area contributed by atoms with Gasteiger partial charge in [-0.1, -0.05) is 13.8 Å². The Kier molecular flexibility index (Phi) is 3.84. The van der Waals surface area contributed by atoms with E-state index in [1.54, 1.807) is 18.3 Å². The van der Waals surface area contributed by atoms with E-state index in [0.717, 1.165) is 12.8 Å². The van der Waals surface area contributed by atoms with Gasteiger partial charge in [-0.05, 0) is 43.2 Å². The Hall–Kier alpha value is -1.58. The fourth-order valence-electron chi connectivity index (χ4n) is 2.92. The van der Waals surface area contributed by atoms with Crippen LogP contribution in [0.4, 0.5) is 5.82 Å². The molecule has 0 saturated heterocycles. The van der Waals surface area contributed by atoms with Gasteiger partial charge in [0.1, 0.15) is 5.82 Å². The molecule has 18 heavy (non-hydrogen) atoms. The molecule has 98 valence electrons. The quantitative estimate of drug-likeness (QED) is 0.842. The van der Waals surface area contributed by atoms with Crippen LogP contribution in [0.25, 0.3) is 0 Å². The van der Waals surface area contributed by atoms with Crippen LogP contribution in [0.5, 0.6) is 0 Å². The van der Waals surface area contributed by atoms with Gasteiger partial charge in [-0.15, -0.1) is 0 Å². The lowest BCUT2D eigenvalue weighted by Crippen LogP contribution is -2.40. The number of rotatable bonds is 2. The van der Waals surface area contributed by atoms with E-state index in [1.807, 2.05) is 0 Å². The average Bonchev–Trinajstić information content (AvgIpc) is 2.27. The van der Waals surface area contributed by atoms with Crippen molar-refractivity contribution in [3.63, 3.8) is 0 Å². The summed E-state index contributed by atoms with van der Waals surface area (Å²) in [5.41, 5.74) is 6.17. The molecule has 1 aromatic rings. The van der Waals surface area contributed by atoms with Crippen molar-refractivity contribution in [2.75, 3.05) is 5.73 Å². The second-order valence-corrected chi connectivity index (χ2v) is 5.56. The summed E-state index contributed by atoms with van der Waals surface area (Å²) in [6.07, 6.45) is 4.96. The van der Waals surface area contributed by atoms with E-state index >= 15 is 0 Å². The summed E-state index contributed by atoms with van der Waals surface area (Å²) >= 11 is 0. The Morgan fingerprint density at radius 2 is 2.00 bits per heavy atom. The maximum Gasteiger partial charge on any atom is 0.251 e. The van der Waals surface area contributed by atoms with Gasteiger partial charge in [0.15, 0.2) is 0 Å². The van der Waals surface area contributed by atoms with Crippen molar-refractivity contribution in [3.8, 4) is 0 Å². The maximum absolute atomic E-state index is 12.1. The Morgan fingerprint density at radius 1 is 1.33 bits per heavy atom. The molecule has 1 aliphatic rings. The molecule has 1 saturated carbocycles. The zero-order valence-corrected chi connectivity index (χ0v) is 11.0. The first kappa shape index (κ1) is 12.9. The molecular weight excluding hydrogens is 226 g/mol. The van der Waals surface area contributed by atoms with Gasteiger partial charge in [0.25, 0.3) is 5.91 Å². The first-order valence-corrected chi connectivity index (χ1v) is 6.57. The minimum Gasteiger partial charge on any atom is -0.384 e. The first-order chi connectivity index (χ1) is 8.54. The second-order valence-electron chi connectivity index (χ2n) is 5.56. The number of hydrogen-bond donors (Lipinski definition) is 2. The van der Waals surface area contributed by atoms with Crippen LogP contribution in [0.2, 0.25) is 0 Å². The van der Waals surface area contributed by atoms with E-state index in [1.165, 1.54) is 6.42 Å². The molecule has 1 aromatic heterocycles. The molecule has 4 nitrogen and oxygen atoms in total. The Labute approximate surface area is 108 Å². The highest BCUT2D eigenvalue weighted by Crippen LogP contribution is 2.28. The molecule has 0 aromatic carbocycles. The lowest BCUT2D eigenvalue weighted by atomic mass is 9.80. The molecule has 3 N–H and O–H groups in total. The van der Waals surface area contributed by atoms with E-state index < -0.39 is 0 Å². The van der Waals surface area contributed by atoms with Crippen molar-refractivity contribution in [2.24, 2.45) is 11.8 Å². The molecule has 1 fully saturated rings.